The minimum Gasteiger partial charge on any atom is -0.381 e. The zero-order valence-corrected chi connectivity index (χ0v) is 14.7. The van der Waals surface area contributed by atoms with Gasteiger partial charge in [-0.2, -0.15) is 0 Å². The van der Waals surface area contributed by atoms with Crippen LogP contribution in [0.5, 0.6) is 0 Å². The van der Waals surface area contributed by atoms with Crippen LogP contribution in [0.15, 0.2) is 70.5 Å². The van der Waals surface area contributed by atoms with Gasteiger partial charge in [-0.1, -0.05) is 36.4 Å². The topological polar surface area (TPSA) is 43.4 Å². The van der Waals surface area contributed by atoms with Crippen molar-refractivity contribution >= 4 is 21.6 Å². The molecule has 5 heteroatoms. The normalized spacial score (nSPS) is 13.6. The predicted molar refractivity (Wildman–Crippen MR) is 95.5 cm³/mol. The Hall–Kier alpha value is -1.30. The Balaban J connectivity index is 1.53. The van der Waals surface area contributed by atoms with Crippen LogP contribution in [0, 0.1) is 0 Å². The maximum Gasteiger partial charge on any atom is 0.0530 e. The Morgan fingerprint density at radius 1 is 0.652 bits per heavy atom. The number of ether oxygens (including phenoxy) is 1. The predicted octanol–water partition coefficient (Wildman–Crippen LogP) is 3.40. The molecule has 3 nitrogen and oxygen atoms in total. The molecule has 0 saturated carbocycles. The van der Waals surface area contributed by atoms with Crippen LogP contribution in [0.3, 0.4) is 0 Å². The van der Waals surface area contributed by atoms with Crippen LogP contribution in [-0.4, -0.2) is 33.1 Å². The highest BCUT2D eigenvalue weighted by Gasteiger charge is 2.04. The zero-order valence-electron chi connectivity index (χ0n) is 13.1. The molecule has 0 N–H and O–H groups in total. The van der Waals surface area contributed by atoms with Crippen LogP contribution in [0.2, 0.25) is 0 Å². The van der Waals surface area contributed by atoms with Crippen LogP contribution < -0.4 is 0 Å². The minimum absolute atomic E-state index is 0.594. The first-order chi connectivity index (χ1) is 11.3. The molecule has 2 rings (SSSR count). The van der Waals surface area contributed by atoms with Gasteiger partial charge in [-0.25, -0.2) is 0 Å². The Kier molecular flexibility index (Phi) is 8.21. The van der Waals surface area contributed by atoms with Gasteiger partial charge in [0.05, 0.1) is 21.6 Å². The summed E-state index contributed by atoms with van der Waals surface area (Å²) in [6.07, 6.45) is 1.53. The summed E-state index contributed by atoms with van der Waals surface area (Å²) < 4.78 is 29.5. The second-order valence-corrected chi connectivity index (χ2v) is 8.19. The van der Waals surface area contributed by atoms with E-state index in [9.17, 15) is 8.42 Å². The van der Waals surface area contributed by atoms with Crippen molar-refractivity contribution in [2.75, 3.05) is 24.7 Å². The van der Waals surface area contributed by atoms with Crippen molar-refractivity contribution < 1.29 is 13.2 Å². The number of rotatable bonds is 10. The number of hydrogen-bond donors (Lipinski definition) is 0. The maximum absolute atomic E-state index is 12.0. The second-order valence-electron chi connectivity index (χ2n) is 5.04. The molecule has 2 aromatic carbocycles. The number of benzene rings is 2. The van der Waals surface area contributed by atoms with E-state index in [4.69, 9.17) is 4.74 Å². The molecule has 0 aliphatic rings. The molecule has 0 heterocycles. The van der Waals surface area contributed by atoms with E-state index in [2.05, 4.69) is 0 Å². The van der Waals surface area contributed by atoms with Gasteiger partial charge in [-0.05, 0) is 37.1 Å². The first-order valence-electron chi connectivity index (χ1n) is 7.72. The molecule has 0 aromatic heterocycles. The summed E-state index contributed by atoms with van der Waals surface area (Å²) >= 11 is 0. The van der Waals surface area contributed by atoms with Gasteiger partial charge < -0.3 is 4.74 Å². The molecule has 0 radical (unpaired) electrons. The van der Waals surface area contributed by atoms with E-state index in [1.165, 1.54) is 0 Å². The Bertz CT molecular complexity index is 559. The van der Waals surface area contributed by atoms with Crippen molar-refractivity contribution in [1.29, 1.82) is 0 Å². The first kappa shape index (κ1) is 18.0. The van der Waals surface area contributed by atoms with Crippen molar-refractivity contribution in [3.05, 3.63) is 60.7 Å². The fourth-order valence-electron chi connectivity index (χ4n) is 2.07. The molecule has 0 fully saturated rings. The molecule has 0 amide bonds. The molecule has 0 bridgehead atoms. The monoisotopic (exact) mass is 350 g/mol. The van der Waals surface area contributed by atoms with Crippen LogP contribution >= 0.6 is 0 Å². The Morgan fingerprint density at radius 3 is 1.43 bits per heavy atom. The lowest BCUT2D eigenvalue weighted by atomic mass is 10.4. The molecular formula is C18H22O3S2. The SMILES string of the molecule is O=S(CCCOCCCS(=O)c1ccccc1)c1ccccc1. The molecule has 124 valence electrons. The molecule has 0 saturated heterocycles. The van der Waals surface area contributed by atoms with Crippen LogP contribution in [-0.2, 0) is 26.3 Å². The highest BCUT2D eigenvalue weighted by atomic mass is 32.2. The fraction of sp³-hybridized carbons (Fsp3) is 0.333. The van der Waals surface area contributed by atoms with Crippen molar-refractivity contribution in [2.45, 2.75) is 22.6 Å². The highest BCUT2D eigenvalue weighted by molar-refractivity contribution is 7.85. The van der Waals surface area contributed by atoms with E-state index < -0.39 is 21.6 Å². The van der Waals surface area contributed by atoms with E-state index in [1.807, 2.05) is 60.7 Å². The first-order valence-corrected chi connectivity index (χ1v) is 10.4. The molecule has 0 aliphatic heterocycles. The lowest BCUT2D eigenvalue weighted by Gasteiger charge is -2.05. The van der Waals surface area contributed by atoms with Crippen LogP contribution in [0.4, 0.5) is 0 Å². The second kappa shape index (κ2) is 10.5. The van der Waals surface area contributed by atoms with Crippen molar-refractivity contribution in [1.82, 2.24) is 0 Å². The van der Waals surface area contributed by atoms with Gasteiger partial charge in [0, 0.05) is 34.5 Å². The summed E-state index contributed by atoms with van der Waals surface area (Å²) in [7, 11) is -1.90. The van der Waals surface area contributed by atoms with Crippen LogP contribution in [0.1, 0.15) is 12.8 Å². The quantitative estimate of drug-likeness (QED) is 0.617. The summed E-state index contributed by atoms with van der Waals surface area (Å²) in [6.45, 7) is 1.19. The summed E-state index contributed by atoms with van der Waals surface area (Å²) in [6, 6.07) is 19.0. The molecule has 2 atom stereocenters. The summed E-state index contributed by atoms with van der Waals surface area (Å²) in [5.41, 5.74) is 0. The highest BCUT2D eigenvalue weighted by Crippen LogP contribution is 2.08. The Morgan fingerprint density at radius 2 is 1.04 bits per heavy atom. The van der Waals surface area contributed by atoms with Gasteiger partial charge in [0.2, 0.25) is 0 Å². The van der Waals surface area contributed by atoms with E-state index in [0.717, 1.165) is 22.6 Å². The van der Waals surface area contributed by atoms with E-state index in [-0.39, 0.29) is 0 Å². The van der Waals surface area contributed by atoms with Gasteiger partial charge in [-0.15, -0.1) is 0 Å². The summed E-state index contributed by atoms with van der Waals surface area (Å²) in [5.74, 6) is 1.22. The fourth-order valence-corrected chi connectivity index (χ4v) is 4.22. The number of hydrogen-bond acceptors (Lipinski definition) is 3. The van der Waals surface area contributed by atoms with Crippen molar-refractivity contribution in [3.63, 3.8) is 0 Å². The van der Waals surface area contributed by atoms with E-state index in [1.54, 1.807) is 0 Å². The van der Waals surface area contributed by atoms with Gasteiger partial charge in [0.1, 0.15) is 0 Å². The average Bonchev–Trinajstić information content (AvgIpc) is 2.62. The molecular weight excluding hydrogens is 328 g/mol. The maximum atomic E-state index is 12.0. The van der Waals surface area contributed by atoms with E-state index in [0.29, 0.717) is 24.7 Å². The van der Waals surface area contributed by atoms with Gasteiger partial charge in [0.25, 0.3) is 0 Å². The minimum atomic E-state index is -0.951. The lowest BCUT2D eigenvalue weighted by Crippen LogP contribution is -2.06. The molecule has 23 heavy (non-hydrogen) atoms. The summed E-state index contributed by atoms with van der Waals surface area (Å²) in [4.78, 5) is 1.73. The van der Waals surface area contributed by atoms with Gasteiger partial charge in [0.15, 0.2) is 0 Å². The van der Waals surface area contributed by atoms with E-state index >= 15 is 0 Å². The Labute approximate surface area is 143 Å². The average molecular weight is 351 g/mol. The molecule has 2 aromatic rings. The van der Waals surface area contributed by atoms with Gasteiger partial charge in [-0.3, -0.25) is 8.42 Å². The smallest absolute Gasteiger partial charge is 0.0530 e. The third kappa shape index (κ3) is 6.77. The molecule has 0 spiro atoms. The summed E-state index contributed by atoms with van der Waals surface area (Å²) in [5, 5.41) is 0. The largest absolute Gasteiger partial charge is 0.381 e. The van der Waals surface area contributed by atoms with Crippen molar-refractivity contribution in [2.24, 2.45) is 0 Å². The standard InChI is InChI=1S/C18H22O3S2/c19-22(17-9-3-1-4-10-17)15-7-13-21-14-8-16-23(20)18-11-5-2-6-12-18/h1-6,9-12H,7-8,13-16H2. The van der Waals surface area contributed by atoms with Crippen LogP contribution in [0.25, 0.3) is 0 Å². The van der Waals surface area contributed by atoms with Crippen molar-refractivity contribution in [3.8, 4) is 0 Å². The molecule has 2 unspecified atom stereocenters. The third-order valence-electron chi connectivity index (χ3n) is 3.25. The third-order valence-corrected chi connectivity index (χ3v) is 6.16. The molecule has 0 aliphatic carbocycles. The lowest BCUT2D eigenvalue weighted by molar-refractivity contribution is 0.136. The van der Waals surface area contributed by atoms with Gasteiger partial charge >= 0.3 is 0 Å². The zero-order chi connectivity index (χ0) is 16.3.